The molecular weight excluding hydrogens is 338 g/mol. The maximum Gasteiger partial charge on any atom is 0.224 e. The van der Waals surface area contributed by atoms with Crippen LogP contribution in [0.2, 0.25) is 0 Å². The number of rotatable bonds is 7. The van der Waals surface area contributed by atoms with E-state index in [0.717, 1.165) is 28.7 Å². The quantitative estimate of drug-likeness (QED) is 0.651. The normalized spacial score (nSPS) is 12.7. The van der Waals surface area contributed by atoms with E-state index in [1.54, 1.807) is 13.4 Å². The second kappa shape index (κ2) is 7.87. The minimum absolute atomic E-state index is 0.00452. The number of methoxy groups -OCH3 is 1. The van der Waals surface area contributed by atoms with Crippen LogP contribution >= 0.6 is 0 Å². The Kier molecular flexibility index (Phi) is 5.54. The molecule has 1 atom stereocenters. The maximum atomic E-state index is 12.5. The van der Waals surface area contributed by atoms with E-state index in [1.165, 1.54) is 5.56 Å². The summed E-state index contributed by atoms with van der Waals surface area (Å²) in [5.41, 5.74) is 2.89. The first-order chi connectivity index (χ1) is 12.9. The number of furan rings is 1. The van der Waals surface area contributed by atoms with Gasteiger partial charge in [0.2, 0.25) is 5.91 Å². The van der Waals surface area contributed by atoms with E-state index < -0.39 is 0 Å². The highest BCUT2D eigenvalue weighted by atomic mass is 16.5. The van der Waals surface area contributed by atoms with Crippen molar-refractivity contribution < 1.29 is 13.9 Å². The highest BCUT2D eigenvalue weighted by Gasteiger charge is 2.24. The van der Waals surface area contributed by atoms with Gasteiger partial charge < -0.3 is 14.5 Å². The summed E-state index contributed by atoms with van der Waals surface area (Å²) in [6.45, 7) is 6.48. The van der Waals surface area contributed by atoms with Crippen molar-refractivity contribution in [2.45, 2.75) is 45.1 Å². The summed E-state index contributed by atoms with van der Waals surface area (Å²) in [7, 11) is 1.62. The molecule has 1 aromatic heterocycles. The second-order valence-electron chi connectivity index (χ2n) is 7.72. The predicted molar refractivity (Wildman–Crippen MR) is 108 cm³/mol. The number of fused-ring (bicyclic) bond motifs is 1. The number of nitrogens with one attached hydrogen (secondary N) is 1. The van der Waals surface area contributed by atoms with E-state index >= 15 is 0 Å². The molecule has 4 nitrogen and oxygen atoms in total. The van der Waals surface area contributed by atoms with Crippen LogP contribution in [0, 0.1) is 0 Å². The van der Waals surface area contributed by atoms with Gasteiger partial charge in [0.15, 0.2) is 0 Å². The van der Waals surface area contributed by atoms with Gasteiger partial charge in [-0.2, -0.15) is 0 Å². The summed E-state index contributed by atoms with van der Waals surface area (Å²) >= 11 is 0. The topological polar surface area (TPSA) is 51.5 Å². The van der Waals surface area contributed by atoms with Crippen LogP contribution in [0.3, 0.4) is 0 Å². The molecule has 1 heterocycles. The van der Waals surface area contributed by atoms with Crippen molar-refractivity contribution in [3.8, 4) is 5.75 Å². The Labute approximate surface area is 160 Å². The Balaban J connectivity index is 1.62. The Morgan fingerprint density at radius 2 is 1.93 bits per heavy atom. The molecule has 3 rings (SSSR count). The molecule has 0 fully saturated rings. The third-order valence-electron chi connectivity index (χ3n) is 4.99. The summed E-state index contributed by atoms with van der Waals surface area (Å²) in [6, 6.07) is 16.1. The van der Waals surface area contributed by atoms with Crippen LogP contribution in [0.4, 0.5) is 0 Å². The molecule has 27 heavy (non-hydrogen) atoms. The fraction of sp³-hybridized carbons (Fsp3) is 0.348. The lowest BCUT2D eigenvalue weighted by atomic mass is 9.79. The summed E-state index contributed by atoms with van der Waals surface area (Å²) in [4.78, 5) is 12.5. The minimum atomic E-state index is -0.00710. The second-order valence-corrected chi connectivity index (χ2v) is 7.72. The average molecular weight is 365 g/mol. The van der Waals surface area contributed by atoms with Crippen LogP contribution < -0.4 is 10.1 Å². The van der Waals surface area contributed by atoms with Crippen molar-refractivity contribution in [3.05, 3.63) is 65.9 Å². The zero-order valence-corrected chi connectivity index (χ0v) is 16.4. The Morgan fingerprint density at radius 3 is 2.63 bits per heavy atom. The molecule has 0 aliphatic carbocycles. The molecule has 0 aliphatic heterocycles. The van der Waals surface area contributed by atoms with E-state index in [0.29, 0.717) is 6.42 Å². The van der Waals surface area contributed by atoms with Crippen molar-refractivity contribution in [3.63, 3.8) is 0 Å². The highest BCUT2D eigenvalue weighted by Crippen LogP contribution is 2.28. The standard InChI is InChI=1S/C23H27NO3/c1-16(14-23(2,3)18-8-6-5-7-9-18)24-22(25)12-17-15-27-21-13-19(26-4)10-11-20(17)21/h5-11,13,15-16H,12,14H2,1-4H3,(H,24,25). The lowest BCUT2D eigenvalue weighted by Gasteiger charge is -2.29. The van der Waals surface area contributed by atoms with Gasteiger partial charge in [-0.1, -0.05) is 44.2 Å². The molecule has 1 N–H and O–H groups in total. The number of ether oxygens (including phenoxy) is 1. The van der Waals surface area contributed by atoms with Crippen molar-refractivity contribution in [2.75, 3.05) is 7.11 Å². The fourth-order valence-corrected chi connectivity index (χ4v) is 3.65. The van der Waals surface area contributed by atoms with E-state index in [2.05, 4.69) is 50.4 Å². The zero-order valence-electron chi connectivity index (χ0n) is 16.4. The average Bonchev–Trinajstić information content (AvgIpc) is 3.03. The fourth-order valence-electron chi connectivity index (χ4n) is 3.65. The molecule has 0 saturated heterocycles. The Bertz CT molecular complexity index is 912. The van der Waals surface area contributed by atoms with Crippen LogP contribution in [0.5, 0.6) is 5.75 Å². The molecule has 0 radical (unpaired) electrons. The van der Waals surface area contributed by atoms with E-state index in [9.17, 15) is 4.79 Å². The van der Waals surface area contributed by atoms with Crippen LogP contribution in [0.25, 0.3) is 11.0 Å². The third kappa shape index (κ3) is 4.51. The number of benzene rings is 2. The highest BCUT2D eigenvalue weighted by molar-refractivity contribution is 5.88. The van der Waals surface area contributed by atoms with Gasteiger partial charge in [-0.3, -0.25) is 4.79 Å². The van der Waals surface area contributed by atoms with Gasteiger partial charge in [0.05, 0.1) is 19.8 Å². The first-order valence-corrected chi connectivity index (χ1v) is 9.28. The molecule has 2 aromatic carbocycles. The van der Waals surface area contributed by atoms with Gasteiger partial charge in [0.25, 0.3) is 0 Å². The van der Waals surface area contributed by atoms with Gasteiger partial charge in [0.1, 0.15) is 11.3 Å². The summed E-state index contributed by atoms with van der Waals surface area (Å²) in [5, 5.41) is 4.07. The number of hydrogen-bond donors (Lipinski definition) is 1. The largest absolute Gasteiger partial charge is 0.497 e. The molecule has 142 valence electrons. The van der Waals surface area contributed by atoms with Crippen molar-refractivity contribution in [1.82, 2.24) is 5.32 Å². The summed E-state index contributed by atoms with van der Waals surface area (Å²) in [6.07, 6.45) is 2.82. The van der Waals surface area contributed by atoms with Crippen LogP contribution in [0.1, 0.15) is 38.3 Å². The smallest absolute Gasteiger partial charge is 0.224 e. The molecule has 1 unspecified atom stereocenters. The molecule has 3 aromatic rings. The zero-order chi connectivity index (χ0) is 19.4. The Hall–Kier alpha value is -2.75. The molecule has 0 aliphatic rings. The van der Waals surface area contributed by atoms with Crippen molar-refractivity contribution in [1.29, 1.82) is 0 Å². The number of carbonyl (C=O) groups is 1. The van der Waals surface area contributed by atoms with Gasteiger partial charge in [-0.25, -0.2) is 0 Å². The number of amides is 1. The van der Waals surface area contributed by atoms with Gasteiger partial charge in [-0.05, 0) is 36.5 Å². The predicted octanol–water partition coefficient (Wildman–Crippen LogP) is 4.86. The Morgan fingerprint density at radius 1 is 1.19 bits per heavy atom. The number of hydrogen-bond acceptors (Lipinski definition) is 3. The lowest BCUT2D eigenvalue weighted by molar-refractivity contribution is -0.121. The third-order valence-corrected chi connectivity index (χ3v) is 4.99. The maximum absolute atomic E-state index is 12.5. The molecular formula is C23H27NO3. The van der Waals surface area contributed by atoms with E-state index in [-0.39, 0.29) is 17.4 Å². The molecule has 0 spiro atoms. The minimum Gasteiger partial charge on any atom is -0.497 e. The van der Waals surface area contributed by atoms with E-state index in [4.69, 9.17) is 9.15 Å². The number of carbonyl (C=O) groups excluding carboxylic acids is 1. The van der Waals surface area contributed by atoms with Crippen molar-refractivity contribution >= 4 is 16.9 Å². The molecule has 0 saturated carbocycles. The SMILES string of the molecule is COc1ccc2c(CC(=O)NC(C)CC(C)(C)c3ccccc3)coc2c1. The van der Waals surface area contributed by atoms with Gasteiger partial charge >= 0.3 is 0 Å². The first kappa shape index (κ1) is 19.0. The molecule has 0 bridgehead atoms. The van der Waals surface area contributed by atoms with Crippen LogP contribution in [0.15, 0.2) is 59.2 Å². The summed E-state index contributed by atoms with van der Waals surface area (Å²) in [5.74, 6) is 0.745. The van der Waals surface area contributed by atoms with Gasteiger partial charge in [0, 0.05) is 23.1 Å². The monoisotopic (exact) mass is 365 g/mol. The van der Waals surface area contributed by atoms with Gasteiger partial charge in [-0.15, -0.1) is 0 Å². The first-order valence-electron chi connectivity index (χ1n) is 9.28. The summed E-state index contributed by atoms with van der Waals surface area (Å²) < 4.78 is 10.8. The van der Waals surface area contributed by atoms with E-state index in [1.807, 2.05) is 24.3 Å². The van der Waals surface area contributed by atoms with Crippen molar-refractivity contribution in [2.24, 2.45) is 0 Å². The molecule has 1 amide bonds. The molecule has 4 heteroatoms. The van der Waals surface area contributed by atoms with Crippen LogP contribution in [-0.4, -0.2) is 19.1 Å². The van der Waals surface area contributed by atoms with Crippen LogP contribution in [-0.2, 0) is 16.6 Å². The lowest BCUT2D eigenvalue weighted by Crippen LogP contribution is -2.38.